The highest BCUT2D eigenvalue weighted by atomic mass is 19.1. The minimum Gasteiger partial charge on any atom is -0.329 e. The Morgan fingerprint density at radius 3 is 2.50 bits per heavy atom. The van der Waals surface area contributed by atoms with E-state index in [1.165, 1.54) is 28.8 Å². The summed E-state index contributed by atoms with van der Waals surface area (Å²) in [6.45, 7) is 6.32. The van der Waals surface area contributed by atoms with Crippen molar-refractivity contribution < 1.29 is 4.39 Å². The monoisotopic (exact) mass is 298 g/mol. The number of rotatable bonds is 6. The molecule has 0 bridgehead atoms. The molecule has 0 saturated heterocycles. The van der Waals surface area contributed by atoms with Gasteiger partial charge in [0.15, 0.2) is 0 Å². The summed E-state index contributed by atoms with van der Waals surface area (Å²) in [5.41, 5.74) is 11.3. The zero-order chi connectivity index (χ0) is 15.9. The van der Waals surface area contributed by atoms with Gasteiger partial charge in [0.2, 0.25) is 0 Å². The third kappa shape index (κ3) is 4.26. The molecule has 0 saturated carbocycles. The number of allylic oxidation sites excluding steroid dienone is 2. The van der Waals surface area contributed by atoms with Crippen LogP contribution < -0.4 is 11.1 Å². The van der Waals surface area contributed by atoms with Gasteiger partial charge in [-0.25, -0.2) is 4.39 Å². The number of hydrogen-bond donors (Lipinski definition) is 2. The summed E-state index contributed by atoms with van der Waals surface area (Å²) in [4.78, 5) is 0. The highest BCUT2D eigenvalue weighted by molar-refractivity contribution is 5.72. The van der Waals surface area contributed by atoms with Crippen LogP contribution in [0, 0.1) is 5.82 Å². The molecule has 2 aromatic carbocycles. The largest absolute Gasteiger partial charge is 0.329 e. The molecule has 0 fully saturated rings. The lowest BCUT2D eigenvalue weighted by atomic mass is 9.96. The summed E-state index contributed by atoms with van der Waals surface area (Å²) in [5.74, 6) is -0.214. The first-order valence-corrected chi connectivity index (χ1v) is 7.58. The van der Waals surface area contributed by atoms with Gasteiger partial charge < -0.3 is 11.1 Å². The normalized spacial score (nSPS) is 11.7. The van der Waals surface area contributed by atoms with Crippen LogP contribution in [-0.4, -0.2) is 13.1 Å². The van der Waals surface area contributed by atoms with E-state index in [0.29, 0.717) is 6.54 Å². The van der Waals surface area contributed by atoms with Crippen LogP contribution in [0.5, 0.6) is 0 Å². The van der Waals surface area contributed by atoms with Crippen molar-refractivity contribution in [3.63, 3.8) is 0 Å². The topological polar surface area (TPSA) is 38.0 Å². The van der Waals surface area contributed by atoms with E-state index in [-0.39, 0.29) is 5.82 Å². The molecule has 0 aliphatic rings. The van der Waals surface area contributed by atoms with Gasteiger partial charge in [-0.15, -0.1) is 0 Å². The second-order valence-corrected chi connectivity index (χ2v) is 5.36. The van der Waals surface area contributed by atoms with Crippen molar-refractivity contribution in [2.45, 2.75) is 20.4 Å². The first-order valence-electron chi connectivity index (χ1n) is 7.58. The first kappa shape index (κ1) is 16.4. The summed E-state index contributed by atoms with van der Waals surface area (Å²) in [7, 11) is 0. The fraction of sp³-hybridized carbons (Fsp3) is 0.263. The van der Waals surface area contributed by atoms with Crippen LogP contribution in [-0.2, 0) is 6.54 Å². The standard InChI is InChI=1S/C19H23FN2/c1-3-14(2)17-10-15(13-22-9-8-21)11-18(12-17)16-4-6-19(20)7-5-16/h3-7,10-12,22H,8-9,13,21H2,1-2H3/b14-3+. The van der Waals surface area contributed by atoms with Gasteiger partial charge >= 0.3 is 0 Å². The van der Waals surface area contributed by atoms with Crippen molar-refractivity contribution >= 4 is 5.57 Å². The molecule has 0 spiro atoms. The van der Waals surface area contributed by atoms with Crippen LogP contribution in [0.15, 0.2) is 48.5 Å². The van der Waals surface area contributed by atoms with Crippen molar-refractivity contribution in [1.82, 2.24) is 5.32 Å². The van der Waals surface area contributed by atoms with Gasteiger partial charge in [0.1, 0.15) is 5.82 Å². The maximum absolute atomic E-state index is 13.1. The van der Waals surface area contributed by atoms with E-state index in [9.17, 15) is 4.39 Å². The van der Waals surface area contributed by atoms with Crippen LogP contribution in [0.3, 0.4) is 0 Å². The Labute approximate surface area is 131 Å². The van der Waals surface area contributed by atoms with Crippen LogP contribution in [0.2, 0.25) is 0 Å². The number of hydrogen-bond acceptors (Lipinski definition) is 2. The summed E-state index contributed by atoms with van der Waals surface area (Å²) in [6, 6.07) is 13.1. The Kier molecular flexibility index (Phi) is 5.87. The van der Waals surface area contributed by atoms with Gasteiger partial charge in [-0.2, -0.15) is 0 Å². The van der Waals surface area contributed by atoms with Crippen molar-refractivity contribution in [1.29, 1.82) is 0 Å². The van der Waals surface area contributed by atoms with E-state index < -0.39 is 0 Å². The van der Waals surface area contributed by atoms with Crippen LogP contribution in [0.1, 0.15) is 25.0 Å². The first-order chi connectivity index (χ1) is 10.6. The molecule has 0 atom stereocenters. The van der Waals surface area contributed by atoms with Crippen LogP contribution in [0.4, 0.5) is 4.39 Å². The molecular weight excluding hydrogens is 275 g/mol. The molecule has 0 radical (unpaired) electrons. The van der Waals surface area contributed by atoms with Crippen molar-refractivity contribution in [2.24, 2.45) is 5.73 Å². The molecule has 22 heavy (non-hydrogen) atoms. The number of nitrogens with one attached hydrogen (secondary N) is 1. The average molecular weight is 298 g/mol. The zero-order valence-electron chi connectivity index (χ0n) is 13.2. The molecule has 2 aromatic rings. The molecule has 0 aromatic heterocycles. The molecule has 0 aliphatic carbocycles. The molecule has 0 aliphatic heterocycles. The Balaban J connectivity index is 2.39. The lowest BCUT2D eigenvalue weighted by Crippen LogP contribution is -2.21. The van der Waals surface area contributed by atoms with Crippen LogP contribution >= 0.6 is 0 Å². The fourth-order valence-corrected chi connectivity index (χ4v) is 2.33. The van der Waals surface area contributed by atoms with Crippen LogP contribution in [0.25, 0.3) is 16.7 Å². The van der Waals surface area contributed by atoms with E-state index >= 15 is 0 Å². The van der Waals surface area contributed by atoms with E-state index in [2.05, 4.69) is 36.5 Å². The Hall–Kier alpha value is -1.97. The quantitative estimate of drug-likeness (QED) is 0.792. The van der Waals surface area contributed by atoms with Gasteiger partial charge in [-0.1, -0.05) is 24.3 Å². The SMILES string of the molecule is C/C=C(\C)c1cc(CNCCN)cc(-c2ccc(F)cc2)c1. The lowest BCUT2D eigenvalue weighted by molar-refractivity contribution is 0.628. The van der Waals surface area contributed by atoms with Gasteiger partial charge in [0, 0.05) is 19.6 Å². The predicted octanol–water partition coefficient (Wildman–Crippen LogP) is 3.96. The molecule has 3 N–H and O–H groups in total. The maximum Gasteiger partial charge on any atom is 0.123 e. The Morgan fingerprint density at radius 2 is 1.86 bits per heavy atom. The third-order valence-corrected chi connectivity index (χ3v) is 3.71. The van der Waals surface area contributed by atoms with Gasteiger partial charge in [-0.05, 0) is 65.9 Å². The summed E-state index contributed by atoms with van der Waals surface area (Å²) in [6.07, 6.45) is 2.10. The maximum atomic E-state index is 13.1. The number of halogens is 1. The van der Waals surface area contributed by atoms with E-state index in [4.69, 9.17) is 5.73 Å². The highest BCUT2D eigenvalue weighted by Crippen LogP contribution is 2.26. The smallest absolute Gasteiger partial charge is 0.123 e. The zero-order valence-corrected chi connectivity index (χ0v) is 13.2. The van der Waals surface area contributed by atoms with Crippen molar-refractivity contribution in [3.8, 4) is 11.1 Å². The molecule has 0 heterocycles. The second-order valence-electron chi connectivity index (χ2n) is 5.36. The van der Waals surface area contributed by atoms with E-state index in [1.807, 2.05) is 19.1 Å². The highest BCUT2D eigenvalue weighted by Gasteiger charge is 2.05. The lowest BCUT2D eigenvalue weighted by Gasteiger charge is -2.11. The van der Waals surface area contributed by atoms with Gasteiger partial charge in [0.25, 0.3) is 0 Å². The molecule has 0 amide bonds. The molecule has 2 nitrogen and oxygen atoms in total. The van der Waals surface area contributed by atoms with Crippen molar-refractivity contribution in [2.75, 3.05) is 13.1 Å². The predicted molar refractivity (Wildman–Crippen MR) is 91.9 cm³/mol. The van der Waals surface area contributed by atoms with Crippen molar-refractivity contribution in [3.05, 3.63) is 65.5 Å². The number of benzene rings is 2. The minimum atomic E-state index is -0.214. The Bertz CT molecular complexity index is 645. The Morgan fingerprint density at radius 1 is 1.14 bits per heavy atom. The molecular formula is C19H23FN2. The van der Waals surface area contributed by atoms with E-state index in [1.54, 1.807) is 0 Å². The van der Waals surface area contributed by atoms with Gasteiger partial charge in [0.05, 0.1) is 0 Å². The summed E-state index contributed by atoms with van der Waals surface area (Å²) >= 11 is 0. The number of nitrogens with two attached hydrogens (primary N) is 1. The summed E-state index contributed by atoms with van der Waals surface area (Å²) < 4.78 is 13.1. The third-order valence-electron chi connectivity index (χ3n) is 3.71. The fourth-order valence-electron chi connectivity index (χ4n) is 2.33. The second kappa shape index (κ2) is 7.87. The van der Waals surface area contributed by atoms with E-state index in [0.717, 1.165) is 24.2 Å². The average Bonchev–Trinajstić information content (AvgIpc) is 2.54. The molecule has 116 valence electrons. The summed E-state index contributed by atoms with van der Waals surface area (Å²) in [5, 5.41) is 3.32. The minimum absolute atomic E-state index is 0.214. The molecule has 2 rings (SSSR count). The van der Waals surface area contributed by atoms with Gasteiger partial charge in [-0.3, -0.25) is 0 Å². The molecule has 0 unspecified atom stereocenters. The molecule has 3 heteroatoms.